The van der Waals surface area contributed by atoms with E-state index in [0.717, 1.165) is 12.8 Å². The molecule has 0 heterocycles. The van der Waals surface area contributed by atoms with Crippen molar-refractivity contribution in [1.29, 1.82) is 0 Å². The molecule has 0 bridgehead atoms. The summed E-state index contributed by atoms with van der Waals surface area (Å²) in [5.41, 5.74) is 5.19. The molecule has 4 N–H and O–H groups in total. The predicted molar refractivity (Wildman–Crippen MR) is 136 cm³/mol. The van der Waals surface area contributed by atoms with Crippen molar-refractivity contribution in [2.45, 2.75) is 116 Å². The minimum absolute atomic E-state index is 0.0687. The third-order valence-corrected chi connectivity index (χ3v) is 6.44. The third-order valence-electron chi connectivity index (χ3n) is 5.45. The van der Waals surface area contributed by atoms with Gasteiger partial charge < -0.3 is 20.5 Å². The lowest BCUT2D eigenvalue weighted by molar-refractivity contribution is -0.153. The molecule has 0 aromatic rings. The quantitative estimate of drug-likeness (QED) is 0.0612. The molecule has 2 atom stereocenters. The molecular formula is C25H50NO7P. The van der Waals surface area contributed by atoms with Crippen LogP contribution in [-0.4, -0.2) is 48.4 Å². The lowest BCUT2D eigenvalue weighted by Gasteiger charge is -2.17. The molecule has 0 fully saturated rings. The normalized spacial score (nSPS) is 14.4. The summed E-state index contributed by atoms with van der Waals surface area (Å²) in [6, 6.07) is 0. The van der Waals surface area contributed by atoms with Crippen molar-refractivity contribution in [1.82, 2.24) is 0 Å². The van der Waals surface area contributed by atoms with Gasteiger partial charge >= 0.3 is 13.8 Å². The number of ether oxygens (including phenoxy) is 1. The van der Waals surface area contributed by atoms with Gasteiger partial charge in [0.1, 0.15) is 6.10 Å². The van der Waals surface area contributed by atoms with Crippen LogP contribution in [0.2, 0.25) is 0 Å². The Bertz CT molecular complexity index is 545. The SMILES string of the molecule is CCCCCCCCCCCCCCCC=CCCC(=O)OC(CO)COP(=O)(O)OCCN. The van der Waals surface area contributed by atoms with E-state index in [0.29, 0.717) is 6.42 Å². The van der Waals surface area contributed by atoms with E-state index < -0.39 is 33.1 Å². The van der Waals surface area contributed by atoms with Crippen LogP contribution in [0.3, 0.4) is 0 Å². The number of aliphatic hydroxyl groups excluding tert-OH is 1. The summed E-state index contributed by atoms with van der Waals surface area (Å²) in [6.07, 6.45) is 22.2. The molecule has 8 nitrogen and oxygen atoms in total. The number of rotatable bonds is 25. The number of phosphoric ester groups is 1. The summed E-state index contributed by atoms with van der Waals surface area (Å²) in [4.78, 5) is 21.3. The molecule has 0 amide bonds. The van der Waals surface area contributed by atoms with Crippen LogP contribution in [0.25, 0.3) is 0 Å². The summed E-state index contributed by atoms with van der Waals surface area (Å²) in [6.45, 7) is 1.24. The van der Waals surface area contributed by atoms with E-state index in [-0.39, 0.29) is 19.6 Å². The predicted octanol–water partition coefficient (Wildman–Crippen LogP) is 5.80. The summed E-state index contributed by atoms with van der Waals surface area (Å²) in [5, 5.41) is 9.26. The summed E-state index contributed by atoms with van der Waals surface area (Å²) in [5.74, 6) is -0.496. The molecule has 0 aliphatic carbocycles. The number of phosphoric acid groups is 1. The first-order chi connectivity index (χ1) is 16.4. The molecule has 0 aromatic heterocycles. The van der Waals surface area contributed by atoms with E-state index in [4.69, 9.17) is 15.0 Å². The molecule has 0 radical (unpaired) electrons. The number of carbonyl (C=O) groups excluding carboxylic acids is 1. The number of hydrogen-bond acceptors (Lipinski definition) is 7. The molecule has 0 aliphatic rings. The van der Waals surface area contributed by atoms with Gasteiger partial charge in [0, 0.05) is 13.0 Å². The van der Waals surface area contributed by atoms with Crippen LogP contribution in [0.15, 0.2) is 12.2 Å². The molecular weight excluding hydrogens is 457 g/mol. The average molecular weight is 508 g/mol. The van der Waals surface area contributed by atoms with Gasteiger partial charge in [-0.2, -0.15) is 0 Å². The molecule has 9 heteroatoms. The number of allylic oxidation sites excluding steroid dienone is 2. The van der Waals surface area contributed by atoms with Gasteiger partial charge in [-0.3, -0.25) is 13.8 Å². The fraction of sp³-hybridized carbons (Fsp3) is 0.880. The van der Waals surface area contributed by atoms with Crippen molar-refractivity contribution in [2.24, 2.45) is 5.73 Å². The third kappa shape index (κ3) is 23.0. The van der Waals surface area contributed by atoms with Crippen LogP contribution in [-0.2, 0) is 23.1 Å². The van der Waals surface area contributed by atoms with E-state index in [1.807, 2.05) is 6.08 Å². The Kier molecular flexibility index (Phi) is 23.4. The molecule has 0 aromatic carbocycles. The highest BCUT2D eigenvalue weighted by Crippen LogP contribution is 2.42. The maximum atomic E-state index is 11.9. The van der Waals surface area contributed by atoms with Crippen LogP contribution in [0, 0.1) is 0 Å². The molecule has 34 heavy (non-hydrogen) atoms. The van der Waals surface area contributed by atoms with E-state index in [1.54, 1.807) is 0 Å². The highest BCUT2D eigenvalue weighted by molar-refractivity contribution is 7.47. The van der Waals surface area contributed by atoms with Gasteiger partial charge in [-0.05, 0) is 19.3 Å². The van der Waals surface area contributed by atoms with Gasteiger partial charge in [0.15, 0.2) is 0 Å². The molecule has 0 rings (SSSR count). The highest BCUT2D eigenvalue weighted by atomic mass is 31.2. The van der Waals surface area contributed by atoms with Gasteiger partial charge in [0.05, 0.1) is 19.8 Å². The zero-order valence-electron chi connectivity index (χ0n) is 21.3. The van der Waals surface area contributed by atoms with Crippen LogP contribution in [0.5, 0.6) is 0 Å². The van der Waals surface area contributed by atoms with Crippen LogP contribution >= 0.6 is 7.82 Å². The Hall–Kier alpha value is -0.760. The number of hydrogen-bond donors (Lipinski definition) is 3. The van der Waals surface area contributed by atoms with Crippen molar-refractivity contribution in [3.63, 3.8) is 0 Å². The Balaban J connectivity index is 3.60. The van der Waals surface area contributed by atoms with Gasteiger partial charge in [0.25, 0.3) is 0 Å². The topological polar surface area (TPSA) is 128 Å². The summed E-state index contributed by atoms with van der Waals surface area (Å²) < 4.78 is 25.9. The Morgan fingerprint density at radius 3 is 1.94 bits per heavy atom. The first-order valence-corrected chi connectivity index (χ1v) is 14.7. The minimum atomic E-state index is -4.27. The van der Waals surface area contributed by atoms with Crippen LogP contribution < -0.4 is 5.73 Å². The van der Waals surface area contributed by atoms with E-state index >= 15 is 0 Å². The molecule has 202 valence electrons. The smallest absolute Gasteiger partial charge is 0.457 e. The van der Waals surface area contributed by atoms with Gasteiger partial charge in [-0.25, -0.2) is 4.57 Å². The fourth-order valence-electron chi connectivity index (χ4n) is 3.47. The number of aliphatic hydroxyl groups is 1. The van der Waals surface area contributed by atoms with E-state index in [2.05, 4.69) is 17.5 Å². The van der Waals surface area contributed by atoms with Crippen molar-refractivity contribution in [3.8, 4) is 0 Å². The first kappa shape index (κ1) is 33.2. The minimum Gasteiger partial charge on any atom is -0.457 e. The lowest BCUT2D eigenvalue weighted by atomic mass is 10.0. The Labute approximate surface area is 207 Å². The van der Waals surface area contributed by atoms with E-state index in [9.17, 15) is 19.4 Å². The number of esters is 1. The van der Waals surface area contributed by atoms with Crippen LogP contribution in [0.4, 0.5) is 0 Å². The molecule has 0 saturated carbocycles. The monoisotopic (exact) mass is 507 g/mol. The summed E-state index contributed by atoms with van der Waals surface area (Å²) in [7, 11) is -4.27. The van der Waals surface area contributed by atoms with Crippen molar-refractivity contribution in [2.75, 3.05) is 26.4 Å². The van der Waals surface area contributed by atoms with Gasteiger partial charge in [0.2, 0.25) is 0 Å². The summed E-state index contributed by atoms with van der Waals surface area (Å²) >= 11 is 0. The number of unbranched alkanes of at least 4 members (excludes halogenated alkanes) is 13. The van der Waals surface area contributed by atoms with E-state index in [1.165, 1.54) is 77.0 Å². The van der Waals surface area contributed by atoms with Crippen molar-refractivity contribution in [3.05, 3.63) is 12.2 Å². The number of nitrogens with two attached hydrogens (primary N) is 1. The average Bonchev–Trinajstić information content (AvgIpc) is 2.82. The highest BCUT2D eigenvalue weighted by Gasteiger charge is 2.24. The Morgan fingerprint density at radius 2 is 1.41 bits per heavy atom. The second-order valence-electron chi connectivity index (χ2n) is 8.72. The largest absolute Gasteiger partial charge is 0.472 e. The van der Waals surface area contributed by atoms with Gasteiger partial charge in [-0.1, -0.05) is 96.1 Å². The maximum Gasteiger partial charge on any atom is 0.472 e. The first-order valence-electron chi connectivity index (χ1n) is 13.2. The van der Waals surface area contributed by atoms with Crippen LogP contribution in [0.1, 0.15) is 110 Å². The molecule has 2 unspecified atom stereocenters. The second kappa shape index (κ2) is 24.0. The zero-order valence-corrected chi connectivity index (χ0v) is 22.2. The molecule has 0 spiro atoms. The Morgan fingerprint density at radius 1 is 0.882 bits per heavy atom. The van der Waals surface area contributed by atoms with Gasteiger partial charge in [-0.15, -0.1) is 0 Å². The fourth-order valence-corrected chi connectivity index (χ4v) is 4.23. The number of carbonyl (C=O) groups is 1. The second-order valence-corrected chi connectivity index (χ2v) is 10.2. The zero-order chi connectivity index (χ0) is 25.3. The molecule has 0 aliphatic heterocycles. The standard InChI is InChI=1S/C25H50NO7P/c1-2-3-4-5-6-7-8-9-10-11-12-13-14-15-16-17-18-19-25(28)33-24(22-27)23-32-34(29,30)31-21-20-26/h16-17,24,27H,2-15,18-23,26H2,1H3,(H,29,30). The lowest BCUT2D eigenvalue weighted by Crippen LogP contribution is -2.27. The van der Waals surface area contributed by atoms with Crippen molar-refractivity contribution >= 4 is 13.8 Å². The van der Waals surface area contributed by atoms with Crippen molar-refractivity contribution < 1.29 is 33.1 Å². The molecule has 0 saturated heterocycles. The maximum absolute atomic E-state index is 11.9.